The molecule has 2 aromatic carbocycles. The van der Waals surface area contributed by atoms with Gasteiger partial charge in [-0.25, -0.2) is 0 Å². The van der Waals surface area contributed by atoms with Crippen LogP contribution in [-0.2, 0) is 6.54 Å². The molecule has 3 heteroatoms. The van der Waals surface area contributed by atoms with Gasteiger partial charge in [0.15, 0.2) is 0 Å². The van der Waals surface area contributed by atoms with E-state index in [-0.39, 0.29) is 0 Å². The van der Waals surface area contributed by atoms with E-state index in [2.05, 4.69) is 37.2 Å². The minimum atomic E-state index is 0.799. The highest BCUT2D eigenvalue weighted by atomic mass is 35.5. The Balaban J connectivity index is 0.000000154. The number of nitrogen functional groups attached to an aromatic ring is 1. The van der Waals surface area contributed by atoms with Crippen LogP contribution in [0.25, 0.3) is 6.08 Å². The van der Waals surface area contributed by atoms with Gasteiger partial charge in [0, 0.05) is 17.3 Å². The SMILES string of the molecule is C1CC1.CN(C)Cc1ccc(Cl)cc1.Nc1ccc(C=C2CC2)cc1. The van der Waals surface area contributed by atoms with Crippen molar-refractivity contribution in [3.63, 3.8) is 0 Å². The minimum Gasteiger partial charge on any atom is -0.399 e. The van der Waals surface area contributed by atoms with Crippen LogP contribution in [0.4, 0.5) is 5.69 Å². The van der Waals surface area contributed by atoms with Gasteiger partial charge in [0.25, 0.3) is 0 Å². The average molecular weight is 357 g/mol. The fourth-order valence-electron chi connectivity index (χ4n) is 2.00. The number of nitrogens with zero attached hydrogens (tertiary/aromatic N) is 1. The van der Waals surface area contributed by atoms with Crippen LogP contribution < -0.4 is 5.73 Å². The molecule has 0 saturated heterocycles. The molecule has 2 nitrogen and oxygen atoms in total. The van der Waals surface area contributed by atoms with Crippen LogP contribution >= 0.6 is 11.6 Å². The van der Waals surface area contributed by atoms with Gasteiger partial charge in [-0.15, -0.1) is 0 Å². The Kier molecular flexibility index (Phi) is 8.03. The van der Waals surface area contributed by atoms with Crippen LogP contribution in [0.15, 0.2) is 54.1 Å². The Morgan fingerprint density at radius 1 is 0.920 bits per heavy atom. The third-order valence-electron chi connectivity index (χ3n) is 3.61. The van der Waals surface area contributed by atoms with E-state index < -0.39 is 0 Å². The summed E-state index contributed by atoms with van der Waals surface area (Å²) in [4.78, 5) is 2.13. The summed E-state index contributed by atoms with van der Waals surface area (Å²) in [6.45, 7) is 0.969. The molecule has 0 radical (unpaired) electrons. The molecule has 0 bridgehead atoms. The Morgan fingerprint density at radius 3 is 1.92 bits per heavy atom. The van der Waals surface area contributed by atoms with Gasteiger partial charge in [0.2, 0.25) is 0 Å². The molecule has 0 spiro atoms. The van der Waals surface area contributed by atoms with Gasteiger partial charge >= 0.3 is 0 Å². The van der Waals surface area contributed by atoms with Gasteiger partial charge in [0.1, 0.15) is 0 Å². The molecule has 25 heavy (non-hydrogen) atoms. The lowest BCUT2D eigenvalue weighted by molar-refractivity contribution is 0.402. The van der Waals surface area contributed by atoms with E-state index in [4.69, 9.17) is 17.3 Å². The summed E-state index contributed by atoms with van der Waals surface area (Å²) in [5.41, 5.74) is 10.5. The van der Waals surface area contributed by atoms with Crippen molar-refractivity contribution in [3.05, 3.63) is 70.3 Å². The van der Waals surface area contributed by atoms with Gasteiger partial charge in [-0.3, -0.25) is 0 Å². The van der Waals surface area contributed by atoms with Crippen LogP contribution in [0.3, 0.4) is 0 Å². The number of hydrogen-bond acceptors (Lipinski definition) is 2. The maximum atomic E-state index is 5.73. The zero-order valence-corrected chi connectivity index (χ0v) is 16.1. The Labute approximate surface area is 157 Å². The van der Waals surface area contributed by atoms with E-state index >= 15 is 0 Å². The largest absolute Gasteiger partial charge is 0.399 e. The summed E-state index contributed by atoms with van der Waals surface area (Å²) in [6, 6.07) is 15.9. The second-order valence-corrected chi connectivity index (χ2v) is 7.33. The van der Waals surface area contributed by atoms with Crippen molar-refractivity contribution >= 4 is 23.4 Å². The first-order valence-electron chi connectivity index (χ1n) is 8.97. The summed E-state index contributed by atoms with van der Waals surface area (Å²) in [5.74, 6) is 0. The first-order chi connectivity index (χ1) is 12.0. The fourth-order valence-corrected chi connectivity index (χ4v) is 2.13. The number of nitrogens with two attached hydrogens (primary N) is 1. The van der Waals surface area contributed by atoms with Crippen molar-refractivity contribution in [2.24, 2.45) is 0 Å². The molecule has 0 atom stereocenters. The molecule has 0 heterocycles. The number of halogens is 1. The monoisotopic (exact) mass is 356 g/mol. The molecule has 2 aliphatic rings. The smallest absolute Gasteiger partial charge is 0.0406 e. The third-order valence-corrected chi connectivity index (χ3v) is 3.86. The lowest BCUT2D eigenvalue weighted by atomic mass is 10.2. The predicted molar refractivity (Wildman–Crippen MR) is 111 cm³/mol. The molecule has 0 amide bonds. The number of benzene rings is 2. The molecule has 2 aromatic rings. The van der Waals surface area contributed by atoms with E-state index in [1.807, 2.05) is 36.4 Å². The maximum Gasteiger partial charge on any atom is 0.0406 e. The fraction of sp³-hybridized carbons (Fsp3) is 0.364. The highest BCUT2D eigenvalue weighted by molar-refractivity contribution is 6.30. The van der Waals surface area contributed by atoms with Crippen LogP contribution in [0.5, 0.6) is 0 Å². The van der Waals surface area contributed by atoms with E-state index in [0.29, 0.717) is 0 Å². The Morgan fingerprint density at radius 2 is 1.48 bits per heavy atom. The molecule has 0 aromatic heterocycles. The molecular weight excluding hydrogens is 328 g/mol. The van der Waals surface area contributed by atoms with Gasteiger partial charge < -0.3 is 10.6 Å². The molecule has 4 rings (SSSR count). The van der Waals surface area contributed by atoms with Crippen molar-refractivity contribution < 1.29 is 0 Å². The van der Waals surface area contributed by atoms with Gasteiger partial charge in [-0.2, -0.15) is 0 Å². The zero-order valence-electron chi connectivity index (χ0n) is 15.3. The topological polar surface area (TPSA) is 29.3 Å². The molecule has 2 fully saturated rings. The summed E-state index contributed by atoms with van der Waals surface area (Å²) < 4.78 is 0. The van der Waals surface area contributed by atoms with E-state index in [0.717, 1.165) is 17.3 Å². The quantitative estimate of drug-likeness (QED) is 0.681. The average Bonchev–Trinajstić information content (AvgIpc) is 3.46. The third kappa shape index (κ3) is 9.96. The Bertz CT molecular complexity index is 647. The van der Waals surface area contributed by atoms with Crippen molar-refractivity contribution in [1.82, 2.24) is 4.90 Å². The van der Waals surface area contributed by atoms with E-state index in [1.165, 1.54) is 43.2 Å². The summed E-state index contributed by atoms with van der Waals surface area (Å²) in [6.07, 6.45) is 9.30. The molecule has 2 aliphatic carbocycles. The Hall–Kier alpha value is -1.77. The summed E-state index contributed by atoms with van der Waals surface area (Å²) in [7, 11) is 4.10. The van der Waals surface area contributed by atoms with Gasteiger partial charge in [0.05, 0.1) is 0 Å². The molecule has 2 saturated carbocycles. The van der Waals surface area contributed by atoms with Crippen LogP contribution in [0.1, 0.15) is 43.2 Å². The lowest BCUT2D eigenvalue weighted by Gasteiger charge is -2.08. The van der Waals surface area contributed by atoms with Crippen LogP contribution in [0.2, 0.25) is 5.02 Å². The van der Waals surface area contributed by atoms with E-state index in [1.54, 1.807) is 5.57 Å². The molecular formula is C22H29ClN2. The summed E-state index contributed by atoms with van der Waals surface area (Å²) >= 11 is 5.73. The highest BCUT2D eigenvalue weighted by Gasteiger charge is 2.09. The highest BCUT2D eigenvalue weighted by Crippen LogP contribution is 2.30. The second-order valence-electron chi connectivity index (χ2n) is 6.89. The van der Waals surface area contributed by atoms with Gasteiger partial charge in [-0.1, -0.05) is 66.8 Å². The van der Waals surface area contributed by atoms with Crippen molar-refractivity contribution in [2.45, 2.75) is 38.6 Å². The molecule has 0 unspecified atom stereocenters. The molecule has 134 valence electrons. The van der Waals surface area contributed by atoms with Crippen molar-refractivity contribution in [1.29, 1.82) is 0 Å². The minimum absolute atomic E-state index is 0.799. The number of anilines is 1. The standard InChI is InChI=1S/C10H11N.C9H12ClN.C3H6/c11-10-5-3-9(4-6-10)7-8-1-2-8;1-11(2)7-8-3-5-9(10)6-4-8;1-2-3-1/h3-7H,1-2,11H2;3-6H,7H2,1-2H3;1-3H2. The summed E-state index contributed by atoms with van der Waals surface area (Å²) in [5, 5.41) is 0.799. The first-order valence-corrected chi connectivity index (χ1v) is 9.35. The second kappa shape index (κ2) is 10.3. The lowest BCUT2D eigenvalue weighted by Crippen LogP contribution is -2.10. The number of rotatable bonds is 3. The van der Waals surface area contributed by atoms with Gasteiger partial charge in [-0.05, 0) is 62.3 Å². The maximum absolute atomic E-state index is 5.73. The van der Waals surface area contributed by atoms with Crippen LogP contribution in [-0.4, -0.2) is 19.0 Å². The zero-order chi connectivity index (χ0) is 18.1. The van der Waals surface area contributed by atoms with Crippen molar-refractivity contribution in [2.75, 3.05) is 19.8 Å². The first kappa shape index (κ1) is 19.6. The normalized spacial score (nSPS) is 14.0. The van der Waals surface area contributed by atoms with Crippen molar-refractivity contribution in [3.8, 4) is 0 Å². The number of allylic oxidation sites excluding steroid dienone is 1. The number of hydrogen-bond donors (Lipinski definition) is 1. The predicted octanol–water partition coefficient (Wildman–Crippen LogP) is 6.02. The van der Waals surface area contributed by atoms with E-state index in [9.17, 15) is 0 Å². The molecule has 2 N–H and O–H groups in total. The molecule has 0 aliphatic heterocycles. The van der Waals surface area contributed by atoms with Crippen LogP contribution in [0, 0.1) is 0 Å².